The minimum absolute atomic E-state index is 0.0357. The number of amides is 2. The van der Waals surface area contributed by atoms with Gasteiger partial charge in [0, 0.05) is 50.4 Å². The summed E-state index contributed by atoms with van der Waals surface area (Å²) in [6, 6.07) is 14.5. The summed E-state index contributed by atoms with van der Waals surface area (Å²) in [7, 11) is 1.81. The average molecular weight is 420 g/mol. The summed E-state index contributed by atoms with van der Waals surface area (Å²) in [5.41, 5.74) is 4.81. The summed E-state index contributed by atoms with van der Waals surface area (Å²) in [4.78, 5) is 31.6. The molecule has 0 N–H and O–H groups in total. The van der Waals surface area contributed by atoms with E-state index in [4.69, 9.17) is 0 Å². The van der Waals surface area contributed by atoms with Crippen molar-refractivity contribution in [3.05, 3.63) is 59.2 Å². The highest BCUT2D eigenvalue weighted by Gasteiger charge is 2.26. The maximum Gasteiger partial charge on any atom is 0.254 e. The van der Waals surface area contributed by atoms with Crippen LogP contribution in [0.1, 0.15) is 53.0 Å². The summed E-state index contributed by atoms with van der Waals surface area (Å²) in [6.45, 7) is 8.66. The van der Waals surface area contributed by atoms with Crippen molar-refractivity contribution in [2.24, 2.45) is 0 Å². The minimum Gasteiger partial charge on any atom is -0.342 e. The van der Waals surface area contributed by atoms with Gasteiger partial charge in [-0.25, -0.2) is 0 Å². The molecule has 2 aliphatic rings. The van der Waals surface area contributed by atoms with Gasteiger partial charge in [0.15, 0.2) is 0 Å². The topological polar surface area (TPSA) is 43.9 Å². The molecule has 0 aliphatic carbocycles. The highest BCUT2D eigenvalue weighted by Crippen LogP contribution is 2.27. The summed E-state index contributed by atoms with van der Waals surface area (Å²) < 4.78 is 0. The molecule has 0 radical (unpaired) electrons. The van der Waals surface area contributed by atoms with Gasteiger partial charge in [0.2, 0.25) is 0 Å². The maximum atomic E-state index is 13.0. The molecule has 5 nitrogen and oxygen atoms in total. The largest absolute Gasteiger partial charge is 0.342 e. The zero-order valence-electron chi connectivity index (χ0n) is 18.9. The number of rotatable bonds is 6. The standard InChI is InChI=1S/C26H33N3O2/c1-4-27(3)25(30)21-9-7-20(8-10-21)22-11-12-24-23(18-22)13-15-29(26(24)31)17-16-28-14-5-6-19(28)2/h7-12,18-19H,4-6,13-17H2,1-3H3. The number of likely N-dealkylation sites (tertiary alicyclic amines) is 1. The molecule has 5 heteroatoms. The first-order valence-electron chi connectivity index (χ1n) is 11.5. The Kier molecular flexibility index (Phi) is 6.42. The van der Waals surface area contributed by atoms with Crippen molar-refractivity contribution >= 4 is 11.8 Å². The third-order valence-corrected chi connectivity index (χ3v) is 6.91. The molecule has 0 bridgehead atoms. The second-order valence-corrected chi connectivity index (χ2v) is 8.84. The van der Waals surface area contributed by atoms with E-state index in [2.05, 4.69) is 17.9 Å². The fraction of sp³-hybridized carbons (Fsp3) is 0.462. The number of benzene rings is 2. The van der Waals surface area contributed by atoms with E-state index in [0.29, 0.717) is 18.2 Å². The van der Waals surface area contributed by atoms with Crippen molar-refractivity contribution < 1.29 is 9.59 Å². The second-order valence-electron chi connectivity index (χ2n) is 8.84. The lowest BCUT2D eigenvalue weighted by Gasteiger charge is -2.31. The predicted molar refractivity (Wildman–Crippen MR) is 124 cm³/mol. The van der Waals surface area contributed by atoms with Gasteiger partial charge in [0.05, 0.1) is 0 Å². The highest BCUT2D eigenvalue weighted by atomic mass is 16.2. The quantitative estimate of drug-likeness (QED) is 0.713. The van der Waals surface area contributed by atoms with Crippen LogP contribution in [0.25, 0.3) is 11.1 Å². The zero-order chi connectivity index (χ0) is 22.0. The number of nitrogens with zero attached hydrogens (tertiary/aromatic N) is 3. The van der Waals surface area contributed by atoms with Crippen LogP contribution in [-0.4, -0.2) is 72.3 Å². The van der Waals surface area contributed by atoms with Crippen LogP contribution in [-0.2, 0) is 6.42 Å². The van der Waals surface area contributed by atoms with Crippen molar-refractivity contribution in [2.75, 3.05) is 39.8 Å². The Bertz CT molecular complexity index is 954. The smallest absolute Gasteiger partial charge is 0.254 e. The molecule has 0 saturated carbocycles. The summed E-state index contributed by atoms with van der Waals surface area (Å²) in [6.07, 6.45) is 3.43. The Morgan fingerprint density at radius 3 is 2.48 bits per heavy atom. The molecule has 2 aliphatic heterocycles. The molecule has 2 aromatic carbocycles. The third kappa shape index (κ3) is 4.52. The Morgan fingerprint density at radius 1 is 1.06 bits per heavy atom. The molecule has 31 heavy (non-hydrogen) atoms. The van der Waals surface area contributed by atoms with Gasteiger partial charge in [-0.1, -0.05) is 24.3 Å². The molecule has 1 unspecified atom stereocenters. The van der Waals surface area contributed by atoms with Gasteiger partial charge in [0.25, 0.3) is 11.8 Å². The summed E-state index contributed by atoms with van der Waals surface area (Å²) in [5, 5.41) is 0. The van der Waals surface area contributed by atoms with E-state index >= 15 is 0 Å². The maximum absolute atomic E-state index is 13.0. The van der Waals surface area contributed by atoms with E-state index in [0.717, 1.165) is 54.9 Å². The Labute approximate surface area is 185 Å². The Hall–Kier alpha value is -2.66. The van der Waals surface area contributed by atoms with Crippen molar-refractivity contribution in [2.45, 2.75) is 39.2 Å². The molecule has 1 saturated heterocycles. The molecular weight excluding hydrogens is 386 g/mol. The van der Waals surface area contributed by atoms with Crippen LogP contribution >= 0.6 is 0 Å². The monoisotopic (exact) mass is 419 g/mol. The van der Waals surface area contributed by atoms with Gasteiger partial charge in [-0.2, -0.15) is 0 Å². The van der Waals surface area contributed by atoms with E-state index in [1.807, 2.05) is 55.3 Å². The number of hydrogen-bond donors (Lipinski definition) is 0. The van der Waals surface area contributed by atoms with Gasteiger partial charge in [-0.05, 0) is 74.5 Å². The van der Waals surface area contributed by atoms with E-state index in [-0.39, 0.29) is 11.8 Å². The van der Waals surface area contributed by atoms with Gasteiger partial charge >= 0.3 is 0 Å². The van der Waals surface area contributed by atoms with Gasteiger partial charge in [-0.3, -0.25) is 14.5 Å². The lowest BCUT2D eigenvalue weighted by atomic mass is 9.93. The van der Waals surface area contributed by atoms with Crippen LogP contribution in [0.3, 0.4) is 0 Å². The number of hydrogen-bond acceptors (Lipinski definition) is 3. The van der Waals surface area contributed by atoms with Crippen LogP contribution in [0.5, 0.6) is 0 Å². The molecule has 2 amide bonds. The highest BCUT2D eigenvalue weighted by molar-refractivity contribution is 5.97. The summed E-state index contributed by atoms with van der Waals surface area (Å²) in [5.74, 6) is 0.191. The lowest BCUT2D eigenvalue weighted by Crippen LogP contribution is -2.43. The molecule has 1 fully saturated rings. The average Bonchev–Trinajstić information content (AvgIpc) is 3.22. The normalized spacial score (nSPS) is 18.9. The molecule has 4 rings (SSSR count). The molecule has 2 heterocycles. The minimum atomic E-state index is 0.0357. The fourth-order valence-electron chi connectivity index (χ4n) is 4.67. The first kappa shape index (κ1) is 21.6. The molecular formula is C26H33N3O2. The lowest BCUT2D eigenvalue weighted by molar-refractivity contribution is 0.0716. The van der Waals surface area contributed by atoms with E-state index < -0.39 is 0 Å². The number of carbonyl (C=O) groups excluding carboxylic acids is 2. The summed E-state index contributed by atoms with van der Waals surface area (Å²) >= 11 is 0. The number of fused-ring (bicyclic) bond motifs is 1. The predicted octanol–water partition coefficient (Wildman–Crippen LogP) is 3.93. The molecule has 1 atom stereocenters. The van der Waals surface area contributed by atoms with Crippen LogP contribution in [0, 0.1) is 0 Å². The molecule has 0 aromatic heterocycles. The Morgan fingerprint density at radius 2 is 1.81 bits per heavy atom. The van der Waals surface area contributed by atoms with E-state index in [9.17, 15) is 9.59 Å². The second kappa shape index (κ2) is 9.23. The van der Waals surface area contributed by atoms with E-state index in [1.54, 1.807) is 4.90 Å². The van der Waals surface area contributed by atoms with Crippen LogP contribution < -0.4 is 0 Å². The molecule has 2 aromatic rings. The third-order valence-electron chi connectivity index (χ3n) is 6.91. The first-order chi connectivity index (χ1) is 15.0. The van der Waals surface area contributed by atoms with Crippen molar-refractivity contribution in [3.8, 4) is 11.1 Å². The van der Waals surface area contributed by atoms with Crippen LogP contribution in [0.2, 0.25) is 0 Å². The zero-order valence-corrected chi connectivity index (χ0v) is 18.9. The number of carbonyl (C=O) groups is 2. The van der Waals surface area contributed by atoms with Gasteiger partial charge in [0.1, 0.15) is 0 Å². The van der Waals surface area contributed by atoms with Gasteiger partial charge in [-0.15, -0.1) is 0 Å². The molecule has 0 spiro atoms. The van der Waals surface area contributed by atoms with Crippen molar-refractivity contribution in [3.63, 3.8) is 0 Å². The fourth-order valence-corrected chi connectivity index (χ4v) is 4.67. The first-order valence-corrected chi connectivity index (χ1v) is 11.5. The van der Waals surface area contributed by atoms with Gasteiger partial charge < -0.3 is 9.80 Å². The SMILES string of the molecule is CCN(C)C(=O)c1ccc(-c2ccc3c(c2)CCN(CCN2CCCC2C)C3=O)cc1. The van der Waals surface area contributed by atoms with Crippen LogP contribution in [0.4, 0.5) is 0 Å². The van der Waals surface area contributed by atoms with E-state index in [1.165, 1.54) is 12.8 Å². The van der Waals surface area contributed by atoms with Crippen molar-refractivity contribution in [1.82, 2.24) is 14.7 Å². The van der Waals surface area contributed by atoms with Crippen molar-refractivity contribution in [1.29, 1.82) is 0 Å². The van der Waals surface area contributed by atoms with Crippen LogP contribution in [0.15, 0.2) is 42.5 Å². The Balaban J connectivity index is 1.45. The molecule has 164 valence electrons.